The fourth-order valence-electron chi connectivity index (χ4n) is 0.288. The van der Waals surface area contributed by atoms with Gasteiger partial charge in [-0.2, -0.15) is 0 Å². The molecule has 0 amide bonds. The van der Waals surface area contributed by atoms with Crippen LogP contribution in [0.4, 0.5) is 4.79 Å². The molecule has 0 aliphatic carbocycles. The van der Waals surface area contributed by atoms with E-state index in [9.17, 15) is 13.2 Å². The molecule has 0 fully saturated rings. The second-order valence-corrected chi connectivity index (χ2v) is 3.25. The van der Waals surface area contributed by atoms with Gasteiger partial charge in [0, 0.05) is 0 Å². The molecule has 0 aromatic rings. The maximum atomic E-state index is 10.6. The van der Waals surface area contributed by atoms with Gasteiger partial charge in [0.1, 0.15) is 0 Å². The van der Waals surface area contributed by atoms with Gasteiger partial charge in [-0.1, -0.05) is 6.08 Å². The van der Waals surface area contributed by atoms with Crippen molar-refractivity contribution in [2.75, 3.05) is 5.75 Å². The van der Waals surface area contributed by atoms with E-state index in [0.717, 1.165) is 6.08 Å². The summed E-state index contributed by atoms with van der Waals surface area (Å²) in [6.45, 7) is 3.15. The van der Waals surface area contributed by atoms with E-state index in [1.807, 2.05) is 0 Å². The van der Waals surface area contributed by atoms with Crippen molar-refractivity contribution < 1.29 is 23.2 Å². The molecule has 7 heteroatoms. The largest absolute Gasteiger partial charge is 0.526 e. The average Bonchev–Trinajstić information content (AvgIpc) is 1.84. The molecule has 0 spiro atoms. The summed E-state index contributed by atoms with van der Waals surface area (Å²) in [4.78, 5) is 14.6. The van der Waals surface area contributed by atoms with Gasteiger partial charge in [-0.15, -0.1) is 6.58 Å². The molecule has 0 rings (SSSR count). The summed E-state index contributed by atoms with van der Waals surface area (Å²) in [6.07, 6.45) is -0.606. The molecular formula is C4H7NO5S. The molecule has 0 unspecified atom stereocenters. The number of rotatable bonds is 4. The van der Waals surface area contributed by atoms with Gasteiger partial charge in [0.2, 0.25) is 10.0 Å². The van der Waals surface area contributed by atoms with Crippen LogP contribution in [0.15, 0.2) is 12.7 Å². The first-order valence-electron chi connectivity index (χ1n) is 2.48. The molecule has 0 bridgehead atoms. The molecule has 0 aliphatic rings. The van der Waals surface area contributed by atoms with E-state index in [1.54, 1.807) is 0 Å². The monoisotopic (exact) mass is 181 g/mol. The van der Waals surface area contributed by atoms with Gasteiger partial charge >= 0.3 is 6.16 Å². The standard InChI is InChI=1S/C4H7NO5S/c1-2-3-11(8,9)5-10-4(6)7/h2,5H,1,3H2,(H,6,7). The molecule has 0 saturated heterocycles. The second kappa shape index (κ2) is 3.94. The van der Waals surface area contributed by atoms with Crippen molar-refractivity contribution in [3.05, 3.63) is 12.7 Å². The first-order chi connectivity index (χ1) is 4.98. The minimum atomic E-state index is -3.70. The normalized spacial score (nSPS) is 10.5. The number of hydrogen-bond acceptors (Lipinski definition) is 4. The minimum Gasteiger partial charge on any atom is -0.448 e. The van der Waals surface area contributed by atoms with Crippen molar-refractivity contribution in [1.29, 1.82) is 0 Å². The molecule has 11 heavy (non-hydrogen) atoms. The second-order valence-electron chi connectivity index (χ2n) is 1.52. The van der Waals surface area contributed by atoms with Gasteiger partial charge < -0.3 is 9.94 Å². The molecular weight excluding hydrogens is 174 g/mol. The Bertz CT molecular complexity index is 243. The zero-order valence-corrected chi connectivity index (χ0v) is 6.30. The minimum absolute atomic E-state index is 0.389. The van der Waals surface area contributed by atoms with Crippen LogP contribution in [0.2, 0.25) is 0 Å². The summed E-state index contributed by atoms with van der Waals surface area (Å²) in [6, 6.07) is 0. The predicted octanol–water partition coefficient (Wildman–Crippen LogP) is -0.299. The SMILES string of the molecule is C=CCS(=O)(=O)NOC(=O)O. The van der Waals surface area contributed by atoms with Crippen molar-refractivity contribution in [2.45, 2.75) is 0 Å². The van der Waals surface area contributed by atoms with Gasteiger partial charge in [-0.25, -0.2) is 13.2 Å². The molecule has 0 radical (unpaired) electrons. The molecule has 6 nitrogen and oxygen atoms in total. The van der Waals surface area contributed by atoms with Gasteiger partial charge in [0.05, 0.1) is 5.75 Å². The third-order valence-electron chi connectivity index (χ3n) is 0.593. The number of carboxylic acid groups (broad SMARTS) is 1. The van der Waals surface area contributed by atoms with Gasteiger partial charge in [-0.3, -0.25) is 0 Å². The van der Waals surface area contributed by atoms with Crippen LogP contribution in [0.3, 0.4) is 0 Å². The van der Waals surface area contributed by atoms with Gasteiger partial charge in [-0.05, 0) is 4.89 Å². The van der Waals surface area contributed by atoms with E-state index in [1.165, 1.54) is 4.89 Å². The molecule has 0 aromatic carbocycles. The van der Waals surface area contributed by atoms with Crippen LogP contribution in [-0.4, -0.2) is 25.4 Å². The maximum Gasteiger partial charge on any atom is 0.526 e. The van der Waals surface area contributed by atoms with E-state index < -0.39 is 16.2 Å². The predicted molar refractivity (Wildman–Crippen MR) is 36.2 cm³/mol. The third-order valence-corrected chi connectivity index (χ3v) is 1.61. The highest BCUT2D eigenvalue weighted by atomic mass is 32.2. The maximum absolute atomic E-state index is 10.6. The highest BCUT2D eigenvalue weighted by molar-refractivity contribution is 7.89. The Morgan fingerprint density at radius 3 is 2.64 bits per heavy atom. The Morgan fingerprint density at radius 1 is 1.73 bits per heavy atom. The zero-order valence-electron chi connectivity index (χ0n) is 5.48. The van der Waals surface area contributed by atoms with Crippen LogP contribution in [0, 0.1) is 0 Å². The Labute approximate surface area is 63.5 Å². The highest BCUT2D eigenvalue weighted by Gasteiger charge is 2.09. The van der Waals surface area contributed by atoms with Crippen molar-refractivity contribution >= 4 is 16.2 Å². The lowest BCUT2D eigenvalue weighted by Crippen LogP contribution is -2.27. The Balaban J connectivity index is 3.93. The fraction of sp³-hybridized carbons (Fsp3) is 0.250. The van der Waals surface area contributed by atoms with Crippen molar-refractivity contribution in [1.82, 2.24) is 4.89 Å². The summed E-state index contributed by atoms with van der Waals surface area (Å²) in [5.74, 6) is -0.389. The summed E-state index contributed by atoms with van der Waals surface area (Å²) in [5.41, 5.74) is 0. The fourth-order valence-corrected chi connectivity index (χ4v) is 0.865. The van der Waals surface area contributed by atoms with Gasteiger partial charge in [0.25, 0.3) is 0 Å². The topological polar surface area (TPSA) is 92.7 Å². The first-order valence-corrected chi connectivity index (χ1v) is 4.13. The smallest absolute Gasteiger partial charge is 0.448 e. The number of nitrogens with one attached hydrogen (secondary N) is 1. The van der Waals surface area contributed by atoms with Crippen LogP contribution in [-0.2, 0) is 14.9 Å². The summed E-state index contributed by atoms with van der Waals surface area (Å²) in [7, 11) is -3.70. The first kappa shape index (κ1) is 9.92. The lowest BCUT2D eigenvalue weighted by atomic mass is 10.8. The van der Waals surface area contributed by atoms with E-state index >= 15 is 0 Å². The highest BCUT2D eigenvalue weighted by Crippen LogP contribution is 1.84. The summed E-state index contributed by atoms with van der Waals surface area (Å²) in [5, 5.41) is 7.87. The molecule has 0 atom stereocenters. The number of hydrogen-bond donors (Lipinski definition) is 2. The van der Waals surface area contributed by atoms with E-state index in [0.29, 0.717) is 0 Å². The quantitative estimate of drug-likeness (QED) is 0.459. The Kier molecular flexibility index (Phi) is 3.55. The average molecular weight is 181 g/mol. The number of sulfonamides is 1. The third kappa shape index (κ3) is 5.37. The van der Waals surface area contributed by atoms with Crippen molar-refractivity contribution in [2.24, 2.45) is 0 Å². The van der Waals surface area contributed by atoms with Crippen LogP contribution in [0.5, 0.6) is 0 Å². The summed E-state index contributed by atoms with van der Waals surface area (Å²) < 4.78 is 21.1. The molecule has 0 saturated carbocycles. The Hall–Kier alpha value is -1.08. The van der Waals surface area contributed by atoms with E-state index in [2.05, 4.69) is 11.4 Å². The zero-order chi connectivity index (χ0) is 8.91. The number of carbonyl (C=O) groups is 1. The molecule has 0 heterocycles. The van der Waals surface area contributed by atoms with Crippen molar-refractivity contribution in [3.8, 4) is 0 Å². The molecule has 64 valence electrons. The molecule has 2 N–H and O–H groups in total. The van der Waals surface area contributed by atoms with Crippen LogP contribution >= 0.6 is 0 Å². The molecule has 0 aromatic heterocycles. The van der Waals surface area contributed by atoms with Crippen LogP contribution in [0.25, 0.3) is 0 Å². The van der Waals surface area contributed by atoms with Crippen molar-refractivity contribution in [3.63, 3.8) is 0 Å². The molecule has 0 aliphatic heterocycles. The van der Waals surface area contributed by atoms with Gasteiger partial charge in [0.15, 0.2) is 0 Å². The van der Waals surface area contributed by atoms with Crippen LogP contribution in [0.1, 0.15) is 0 Å². The lowest BCUT2D eigenvalue weighted by molar-refractivity contribution is 0.0725. The Morgan fingerprint density at radius 2 is 2.27 bits per heavy atom. The van der Waals surface area contributed by atoms with Crippen LogP contribution < -0.4 is 4.89 Å². The van der Waals surface area contributed by atoms with E-state index in [4.69, 9.17) is 5.11 Å². The van der Waals surface area contributed by atoms with E-state index in [-0.39, 0.29) is 5.75 Å². The lowest BCUT2D eigenvalue weighted by Gasteiger charge is -1.99. The summed E-state index contributed by atoms with van der Waals surface area (Å²) >= 11 is 0.